The van der Waals surface area contributed by atoms with Crippen LogP contribution in [0, 0.1) is 6.92 Å². The van der Waals surface area contributed by atoms with E-state index in [9.17, 15) is 4.79 Å². The van der Waals surface area contributed by atoms with Gasteiger partial charge >= 0.3 is 0 Å². The molecule has 0 spiro atoms. The second-order valence-electron chi connectivity index (χ2n) is 7.73. The Morgan fingerprint density at radius 2 is 1.92 bits per heavy atom. The van der Waals surface area contributed by atoms with E-state index in [-0.39, 0.29) is 23.9 Å². The van der Waals surface area contributed by atoms with Gasteiger partial charge in [0, 0.05) is 51.0 Å². The summed E-state index contributed by atoms with van der Waals surface area (Å²) in [5.41, 5.74) is 1.52. The second kappa shape index (κ2) is 7.42. The van der Waals surface area contributed by atoms with Crippen LogP contribution in [0.4, 0.5) is 0 Å². The first-order valence-electron chi connectivity index (χ1n) is 8.67. The van der Waals surface area contributed by atoms with E-state index in [1.165, 1.54) is 0 Å². The number of likely N-dealkylation sites (tertiary alicyclic amines) is 1. The number of aromatic nitrogens is 2. The number of carbonyl (C=O) groups excluding carboxylic acids is 1. The molecule has 2 aliphatic rings. The molecule has 0 radical (unpaired) electrons. The third-order valence-corrected chi connectivity index (χ3v) is 4.86. The number of hydrogen-bond acceptors (Lipinski definition) is 4. The number of aryl methyl sites for hydroxylation is 1. The van der Waals surface area contributed by atoms with E-state index in [0.29, 0.717) is 11.7 Å². The van der Waals surface area contributed by atoms with Gasteiger partial charge < -0.3 is 10.2 Å². The first kappa shape index (κ1) is 19.2. The third kappa shape index (κ3) is 3.92. The maximum absolute atomic E-state index is 12.8. The van der Waals surface area contributed by atoms with Crippen molar-refractivity contribution >= 4 is 18.3 Å². The molecule has 3 rings (SSSR count). The lowest BCUT2D eigenvalue weighted by atomic mass is 10.1. The highest BCUT2D eigenvalue weighted by Crippen LogP contribution is 2.21. The summed E-state index contributed by atoms with van der Waals surface area (Å²) in [4.78, 5) is 17.3. The van der Waals surface area contributed by atoms with Gasteiger partial charge in [0.25, 0.3) is 5.91 Å². The summed E-state index contributed by atoms with van der Waals surface area (Å²) in [7, 11) is 0. The van der Waals surface area contributed by atoms with E-state index in [4.69, 9.17) is 0 Å². The van der Waals surface area contributed by atoms with Gasteiger partial charge in [-0.05, 0) is 40.2 Å². The molecule has 24 heavy (non-hydrogen) atoms. The molecule has 2 aliphatic heterocycles. The molecular weight excluding hydrogens is 326 g/mol. The van der Waals surface area contributed by atoms with Crippen LogP contribution in [0.2, 0.25) is 0 Å². The Morgan fingerprint density at radius 3 is 2.50 bits per heavy atom. The van der Waals surface area contributed by atoms with Gasteiger partial charge in [0.15, 0.2) is 5.69 Å². The topological polar surface area (TPSA) is 53.4 Å². The number of nitrogens with zero attached hydrogens (tertiary/aromatic N) is 4. The predicted octanol–water partition coefficient (Wildman–Crippen LogP) is 1.49. The van der Waals surface area contributed by atoms with E-state index < -0.39 is 0 Å². The van der Waals surface area contributed by atoms with E-state index in [1.807, 2.05) is 22.6 Å². The summed E-state index contributed by atoms with van der Waals surface area (Å²) in [5, 5.41) is 7.95. The summed E-state index contributed by atoms with van der Waals surface area (Å²) >= 11 is 0. The Balaban J connectivity index is 0.00000208. The standard InChI is InChI=1S/C17H29N5O.ClH/c1-13-11-15(19-22(13)17(2,3)4)16(23)21-8-5-14(12-21)20-9-6-18-7-10-20;/h11,14,18H,5-10,12H2,1-4H3;1H. The minimum Gasteiger partial charge on any atom is -0.336 e. The molecule has 3 heterocycles. The van der Waals surface area contributed by atoms with Crippen LogP contribution in [0.3, 0.4) is 0 Å². The zero-order chi connectivity index (χ0) is 16.6. The normalized spacial score (nSPS) is 22.5. The van der Waals surface area contributed by atoms with Crippen molar-refractivity contribution in [3.63, 3.8) is 0 Å². The van der Waals surface area contributed by atoms with Crippen LogP contribution in [0.1, 0.15) is 43.4 Å². The quantitative estimate of drug-likeness (QED) is 0.873. The average Bonchev–Trinajstić information content (AvgIpc) is 3.13. The number of rotatable bonds is 2. The molecule has 2 fully saturated rings. The molecule has 0 aromatic carbocycles. The van der Waals surface area contributed by atoms with E-state index >= 15 is 0 Å². The van der Waals surface area contributed by atoms with Gasteiger partial charge in [-0.1, -0.05) is 0 Å². The van der Waals surface area contributed by atoms with Crippen LogP contribution in [-0.4, -0.2) is 70.8 Å². The van der Waals surface area contributed by atoms with Gasteiger partial charge in [-0.3, -0.25) is 14.4 Å². The Labute approximate surface area is 151 Å². The van der Waals surface area contributed by atoms with Crippen LogP contribution in [-0.2, 0) is 5.54 Å². The summed E-state index contributed by atoms with van der Waals surface area (Å²) in [6.45, 7) is 14.3. The first-order valence-corrected chi connectivity index (χ1v) is 8.67. The smallest absolute Gasteiger partial charge is 0.274 e. The number of nitrogens with one attached hydrogen (secondary N) is 1. The molecular formula is C17H30ClN5O. The zero-order valence-electron chi connectivity index (χ0n) is 15.2. The zero-order valence-corrected chi connectivity index (χ0v) is 16.0. The molecule has 1 N–H and O–H groups in total. The average molecular weight is 356 g/mol. The van der Waals surface area contributed by atoms with Crippen LogP contribution in [0.5, 0.6) is 0 Å². The van der Waals surface area contributed by atoms with Crippen molar-refractivity contribution in [2.45, 2.75) is 45.7 Å². The fraction of sp³-hybridized carbons (Fsp3) is 0.765. The molecule has 1 atom stereocenters. The van der Waals surface area contributed by atoms with Gasteiger partial charge in [-0.15, -0.1) is 12.4 Å². The monoisotopic (exact) mass is 355 g/mol. The molecule has 136 valence electrons. The highest BCUT2D eigenvalue weighted by Gasteiger charge is 2.32. The number of halogens is 1. The van der Waals surface area contributed by atoms with Crippen molar-refractivity contribution in [3.05, 3.63) is 17.5 Å². The molecule has 7 heteroatoms. The lowest BCUT2D eigenvalue weighted by Crippen LogP contribution is -2.49. The summed E-state index contributed by atoms with van der Waals surface area (Å²) in [5.74, 6) is 0.0775. The van der Waals surface area contributed by atoms with Crippen molar-refractivity contribution in [1.82, 2.24) is 24.9 Å². The largest absolute Gasteiger partial charge is 0.336 e. The molecule has 0 aliphatic carbocycles. The fourth-order valence-corrected chi connectivity index (χ4v) is 3.69. The summed E-state index contributed by atoms with van der Waals surface area (Å²) < 4.78 is 1.95. The predicted molar refractivity (Wildman–Crippen MR) is 98.0 cm³/mol. The van der Waals surface area contributed by atoms with Gasteiger partial charge in [-0.25, -0.2) is 0 Å². The highest BCUT2D eigenvalue weighted by molar-refractivity contribution is 5.92. The van der Waals surface area contributed by atoms with Crippen LogP contribution in [0.15, 0.2) is 6.07 Å². The van der Waals surface area contributed by atoms with Crippen molar-refractivity contribution in [3.8, 4) is 0 Å². The summed E-state index contributed by atoms with van der Waals surface area (Å²) in [6, 6.07) is 2.43. The van der Waals surface area contributed by atoms with Crippen molar-refractivity contribution < 1.29 is 4.79 Å². The molecule has 1 amide bonds. The minimum atomic E-state index is -0.100. The molecule has 0 saturated carbocycles. The number of amides is 1. The number of piperazine rings is 1. The van der Waals surface area contributed by atoms with Crippen LogP contribution < -0.4 is 5.32 Å². The maximum atomic E-state index is 12.8. The Hall–Kier alpha value is -1.11. The van der Waals surface area contributed by atoms with E-state index in [0.717, 1.165) is 51.4 Å². The lowest BCUT2D eigenvalue weighted by molar-refractivity contribution is 0.0766. The Kier molecular flexibility index (Phi) is 5.94. The highest BCUT2D eigenvalue weighted by atomic mass is 35.5. The van der Waals surface area contributed by atoms with Gasteiger partial charge in [-0.2, -0.15) is 5.10 Å². The van der Waals surface area contributed by atoms with Crippen molar-refractivity contribution in [1.29, 1.82) is 0 Å². The molecule has 1 unspecified atom stereocenters. The summed E-state index contributed by atoms with van der Waals surface area (Å²) in [6.07, 6.45) is 1.07. The second-order valence-corrected chi connectivity index (χ2v) is 7.73. The van der Waals surface area contributed by atoms with Crippen molar-refractivity contribution in [2.75, 3.05) is 39.3 Å². The minimum absolute atomic E-state index is 0. The molecule has 1 aromatic heterocycles. The fourth-order valence-electron chi connectivity index (χ4n) is 3.69. The molecule has 2 saturated heterocycles. The third-order valence-electron chi connectivity index (χ3n) is 4.86. The lowest BCUT2D eigenvalue weighted by Gasteiger charge is -2.32. The molecule has 6 nitrogen and oxygen atoms in total. The van der Waals surface area contributed by atoms with Crippen molar-refractivity contribution in [2.24, 2.45) is 0 Å². The Bertz CT molecular complexity index is 574. The van der Waals surface area contributed by atoms with Gasteiger partial charge in [0.1, 0.15) is 0 Å². The van der Waals surface area contributed by atoms with Crippen LogP contribution >= 0.6 is 12.4 Å². The Morgan fingerprint density at radius 1 is 1.25 bits per heavy atom. The van der Waals surface area contributed by atoms with Crippen LogP contribution in [0.25, 0.3) is 0 Å². The number of carbonyl (C=O) groups is 1. The SMILES string of the molecule is Cc1cc(C(=O)N2CCC(N3CCNCC3)C2)nn1C(C)(C)C.Cl. The first-order chi connectivity index (χ1) is 10.9. The number of hydrogen-bond donors (Lipinski definition) is 1. The van der Waals surface area contributed by atoms with Gasteiger partial charge in [0.2, 0.25) is 0 Å². The van der Waals surface area contributed by atoms with E-state index in [2.05, 4.69) is 36.1 Å². The van der Waals surface area contributed by atoms with E-state index in [1.54, 1.807) is 0 Å². The molecule has 0 bridgehead atoms. The molecule has 1 aromatic rings. The maximum Gasteiger partial charge on any atom is 0.274 e. The van der Waals surface area contributed by atoms with Gasteiger partial charge in [0.05, 0.1) is 5.54 Å².